The van der Waals surface area contributed by atoms with Crippen LogP contribution in [0.5, 0.6) is 5.75 Å². The Balaban J connectivity index is 1.96. The van der Waals surface area contributed by atoms with Crippen LogP contribution in [0.4, 0.5) is 0 Å². The molecule has 0 bridgehead atoms. The Bertz CT molecular complexity index is 530. The molecule has 19 heavy (non-hydrogen) atoms. The predicted octanol–water partition coefficient (Wildman–Crippen LogP) is 1.47. The topological polar surface area (TPSA) is 71.8 Å². The van der Waals surface area contributed by atoms with Crippen molar-refractivity contribution in [2.45, 2.75) is 6.61 Å². The lowest BCUT2D eigenvalue weighted by atomic mass is 10.1. The van der Waals surface area contributed by atoms with Crippen molar-refractivity contribution in [3.63, 3.8) is 0 Å². The molecule has 2 rings (SSSR count). The number of phenols is 1. The van der Waals surface area contributed by atoms with Gasteiger partial charge in [-0.3, -0.25) is 4.98 Å². The number of aromatic nitrogens is 1. The molecule has 102 valence electrons. The molecule has 0 atom stereocenters. The molecular weight excluding hydrogens is 246 g/mol. The molecule has 0 unspecified atom stereocenters. The molecule has 0 saturated carbocycles. The van der Waals surface area contributed by atoms with Crippen molar-refractivity contribution in [2.75, 3.05) is 26.4 Å². The molecule has 0 saturated heterocycles. The van der Waals surface area contributed by atoms with Crippen LogP contribution in [-0.2, 0) is 16.1 Å². The second-order valence-electron chi connectivity index (χ2n) is 4.03. The number of benzene rings is 1. The molecule has 0 aliphatic rings. The second-order valence-corrected chi connectivity index (χ2v) is 4.03. The lowest BCUT2D eigenvalue weighted by Crippen LogP contribution is -2.07. The van der Waals surface area contributed by atoms with E-state index in [2.05, 4.69) is 4.98 Å². The maximum absolute atomic E-state index is 9.72. The van der Waals surface area contributed by atoms with Crippen LogP contribution >= 0.6 is 0 Å². The van der Waals surface area contributed by atoms with Gasteiger partial charge in [0.25, 0.3) is 0 Å². The van der Waals surface area contributed by atoms with Gasteiger partial charge in [0.15, 0.2) is 0 Å². The fourth-order valence-electron chi connectivity index (χ4n) is 1.81. The first-order valence-corrected chi connectivity index (χ1v) is 6.15. The lowest BCUT2D eigenvalue weighted by molar-refractivity contribution is 0.0277. The normalized spacial score (nSPS) is 11.0. The molecule has 1 aromatic carbocycles. The summed E-state index contributed by atoms with van der Waals surface area (Å²) in [4.78, 5) is 4.15. The van der Waals surface area contributed by atoms with Crippen LogP contribution < -0.4 is 0 Å². The standard InChI is InChI=1S/C14H17NO4/c16-6-7-18-8-9-19-10-11-3-4-13(17)14-12(11)2-1-5-15-14/h1-5,16-17H,6-10H2. The van der Waals surface area contributed by atoms with Crippen LogP contribution in [0.3, 0.4) is 0 Å². The second kappa shape index (κ2) is 7.04. The van der Waals surface area contributed by atoms with E-state index in [4.69, 9.17) is 14.6 Å². The van der Waals surface area contributed by atoms with Gasteiger partial charge < -0.3 is 19.7 Å². The van der Waals surface area contributed by atoms with E-state index in [1.807, 2.05) is 18.2 Å². The Kier molecular flexibility index (Phi) is 5.09. The molecular formula is C14H17NO4. The minimum Gasteiger partial charge on any atom is -0.506 e. The van der Waals surface area contributed by atoms with E-state index < -0.39 is 0 Å². The van der Waals surface area contributed by atoms with Gasteiger partial charge in [-0.15, -0.1) is 0 Å². The van der Waals surface area contributed by atoms with Crippen molar-refractivity contribution >= 4 is 10.9 Å². The number of aliphatic hydroxyl groups is 1. The lowest BCUT2D eigenvalue weighted by Gasteiger charge is -2.08. The summed E-state index contributed by atoms with van der Waals surface area (Å²) in [5, 5.41) is 19.2. The number of aromatic hydroxyl groups is 1. The summed E-state index contributed by atoms with van der Waals surface area (Å²) < 4.78 is 10.6. The zero-order valence-electron chi connectivity index (χ0n) is 10.6. The molecule has 2 aromatic rings. The average molecular weight is 263 g/mol. The first-order valence-electron chi connectivity index (χ1n) is 6.15. The zero-order valence-corrected chi connectivity index (χ0v) is 10.6. The molecule has 0 spiro atoms. The number of hydrogen-bond acceptors (Lipinski definition) is 5. The van der Waals surface area contributed by atoms with Gasteiger partial charge in [0, 0.05) is 11.6 Å². The van der Waals surface area contributed by atoms with Crippen LogP contribution in [-0.4, -0.2) is 41.6 Å². The molecule has 0 fully saturated rings. The number of phenolic OH excluding ortho intramolecular Hbond substituents is 1. The SMILES string of the molecule is OCCOCCOCc1ccc(O)c2ncccc12. The van der Waals surface area contributed by atoms with Gasteiger partial charge in [0.05, 0.1) is 33.0 Å². The zero-order chi connectivity index (χ0) is 13.5. The van der Waals surface area contributed by atoms with Crippen LogP contribution in [0.2, 0.25) is 0 Å². The Morgan fingerprint density at radius 2 is 1.89 bits per heavy atom. The third-order valence-electron chi connectivity index (χ3n) is 2.70. The van der Waals surface area contributed by atoms with Gasteiger partial charge in [0.1, 0.15) is 11.3 Å². The van der Waals surface area contributed by atoms with Crippen LogP contribution in [0.1, 0.15) is 5.56 Å². The molecule has 0 aliphatic carbocycles. The van der Waals surface area contributed by atoms with E-state index in [1.165, 1.54) is 0 Å². The van der Waals surface area contributed by atoms with Gasteiger partial charge in [-0.05, 0) is 17.7 Å². The molecule has 2 N–H and O–H groups in total. The number of aliphatic hydroxyl groups excluding tert-OH is 1. The first kappa shape index (κ1) is 13.7. The Hall–Kier alpha value is -1.69. The highest BCUT2D eigenvalue weighted by atomic mass is 16.5. The first-order chi connectivity index (χ1) is 9.33. The average Bonchev–Trinajstić information content (AvgIpc) is 2.45. The molecule has 5 heteroatoms. The van der Waals surface area contributed by atoms with Crippen LogP contribution in [0.15, 0.2) is 30.5 Å². The van der Waals surface area contributed by atoms with Crippen molar-refractivity contribution in [3.8, 4) is 5.75 Å². The third-order valence-corrected chi connectivity index (χ3v) is 2.70. The monoisotopic (exact) mass is 263 g/mol. The highest BCUT2D eigenvalue weighted by molar-refractivity contribution is 5.86. The van der Waals surface area contributed by atoms with Gasteiger partial charge in [-0.25, -0.2) is 0 Å². The van der Waals surface area contributed by atoms with Crippen molar-refractivity contribution in [3.05, 3.63) is 36.0 Å². The van der Waals surface area contributed by atoms with Crippen molar-refractivity contribution in [1.82, 2.24) is 4.98 Å². The fourth-order valence-corrected chi connectivity index (χ4v) is 1.81. The number of fused-ring (bicyclic) bond motifs is 1. The number of nitrogens with zero attached hydrogens (tertiary/aromatic N) is 1. The minimum atomic E-state index is 0.0221. The summed E-state index contributed by atoms with van der Waals surface area (Å²) in [6.07, 6.45) is 1.65. The van der Waals surface area contributed by atoms with Gasteiger partial charge in [-0.1, -0.05) is 12.1 Å². The van der Waals surface area contributed by atoms with E-state index in [1.54, 1.807) is 12.3 Å². The summed E-state index contributed by atoms with van der Waals surface area (Å²) in [5.74, 6) is 0.172. The largest absolute Gasteiger partial charge is 0.506 e. The van der Waals surface area contributed by atoms with E-state index in [0.29, 0.717) is 31.9 Å². The van der Waals surface area contributed by atoms with Crippen molar-refractivity contribution in [1.29, 1.82) is 0 Å². The number of ether oxygens (including phenoxy) is 2. The Morgan fingerprint density at radius 1 is 1.05 bits per heavy atom. The van der Waals surface area contributed by atoms with E-state index >= 15 is 0 Å². The summed E-state index contributed by atoms with van der Waals surface area (Å²) in [6, 6.07) is 7.18. The van der Waals surface area contributed by atoms with E-state index in [-0.39, 0.29) is 12.4 Å². The summed E-state index contributed by atoms with van der Waals surface area (Å²) >= 11 is 0. The molecule has 1 heterocycles. The van der Waals surface area contributed by atoms with Gasteiger partial charge in [0.2, 0.25) is 0 Å². The Labute approximate surface area is 111 Å². The summed E-state index contributed by atoms with van der Waals surface area (Å²) in [7, 11) is 0. The molecule has 0 radical (unpaired) electrons. The van der Waals surface area contributed by atoms with E-state index in [9.17, 15) is 5.11 Å². The summed E-state index contributed by atoms with van der Waals surface area (Å²) in [5.41, 5.74) is 1.56. The fraction of sp³-hybridized carbons (Fsp3) is 0.357. The number of pyridine rings is 1. The van der Waals surface area contributed by atoms with Crippen molar-refractivity contribution in [2.24, 2.45) is 0 Å². The third kappa shape index (κ3) is 3.64. The van der Waals surface area contributed by atoms with Gasteiger partial charge >= 0.3 is 0 Å². The van der Waals surface area contributed by atoms with E-state index in [0.717, 1.165) is 10.9 Å². The minimum absolute atomic E-state index is 0.0221. The molecule has 0 aliphatic heterocycles. The molecule has 0 amide bonds. The Morgan fingerprint density at radius 3 is 2.74 bits per heavy atom. The van der Waals surface area contributed by atoms with Crippen LogP contribution in [0, 0.1) is 0 Å². The van der Waals surface area contributed by atoms with Crippen molar-refractivity contribution < 1.29 is 19.7 Å². The van der Waals surface area contributed by atoms with Gasteiger partial charge in [-0.2, -0.15) is 0 Å². The maximum atomic E-state index is 9.72. The molecule has 5 nitrogen and oxygen atoms in total. The highest BCUT2D eigenvalue weighted by Gasteiger charge is 2.05. The molecule has 1 aromatic heterocycles. The summed E-state index contributed by atoms with van der Waals surface area (Å²) in [6.45, 7) is 1.70. The highest BCUT2D eigenvalue weighted by Crippen LogP contribution is 2.25. The van der Waals surface area contributed by atoms with Crippen LogP contribution in [0.25, 0.3) is 10.9 Å². The predicted molar refractivity (Wildman–Crippen MR) is 71.0 cm³/mol. The number of hydrogen-bond donors (Lipinski definition) is 2. The smallest absolute Gasteiger partial charge is 0.141 e. The number of rotatable bonds is 7. The quantitative estimate of drug-likeness (QED) is 0.740. The maximum Gasteiger partial charge on any atom is 0.141 e.